The van der Waals surface area contributed by atoms with Crippen molar-refractivity contribution in [3.63, 3.8) is 0 Å². The van der Waals surface area contributed by atoms with Gasteiger partial charge in [0.15, 0.2) is 11.5 Å². The van der Waals surface area contributed by atoms with Gasteiger partial charge in [0.05, 0.1) is 67.3 Å². The molecule has 316 valence electrons. The molecule has 3 aromatic heterocycles. The number of nitrogens with zero attached hydrogens (tertiary/aromatic N) is 5. The summed E-state index contributed by atoms with van der Waals surface area (Å²) in [4.78, 5) is 69.8. The number of rotatable bonds is 11. The Kier molecular flexibility index (Phi) is 10.8. The van der Waals surface area contributed by atoms with Gasteiger partial charge in [0.2, 0.25) is 17.7 Å². The predicted octanol–water partition coefficient (Wildman–Crippen LogP) is 5.25. The topological polar surface area (TPSA) is 200 Å². The highest BCUT2D eigenvalue weighted by molar-refractivity contribution is 6.00. The summed E-state index contributed by atoms with van der Waals surface area (Å²) in [6, 6.07) is 8.26. The fraction of sp³-hybridized carbons (Fsp3) is 0.429. The smallest absolute Gasteiger partial charge is 0.407 e. The van der Waals surface area contributed by atoms with Crippen LogP contribution in [0.2, 0.25) is 0 Å². The molecule has 60 heavy (non-hydrogen) atoms. The molecule has 0 unspecified atom stereocenters. The van der Waals surface area contributed by atoms with E-state index in [0.29, 0.717) is 34.5 Å². The minimum Gasteiger partial charge on any atom is -0.453 e. The van der Waals surface area contributed by atoms with Gasteiger partial charge in [-0.15, -0.1) is 0 Å². The first-order valence-electron chi connectivity index (χ1n) is 20.0. The highest BCUT2D eigenvalue weighted by atomic mass is 19.1. The predicted molar refractivity (Wildman–Crippen MR) is 214 cm³/mol. The molecule has 2 aromatic carbocycles. The number of alkyl halides is 2. The van der Waals surface area contributed by atoms with Gasteiger partial charge in [0.1, 0.15) is 42.7 Å². The van der Waals surface area contributed by atoms with Crippen molar-refractivity contribution in [2.75, 3.05) is 26.8 Å². The van der Waals surface area contributed by atoms with Crippen LogP contribution in [0.4, 0.5) is 13.6 Å². The molecule has 6 heterocycles. The maximum atomic E-state index is 14.9. The second-order valence-corrected chi connectivity index (χ2v) is 16.2. The van der Waals surface area contributed by atoms with Gasteiger partial charge in [-0.05, 0) is 42.2 Å². The second kappa shape index (κ2) is 16.0. The standard InChI is InChI=1S/C42H47F2N9O7/c1-20(2)35(49-34(55)19-54)40(56)52-17-24(44)14-31(52)39-46-16-28(48-39)25-7-9-32-37-26(25)10-11-51(37)29-8-6-22(12-33(29)60-32)27-15-45-38(47-27)30-13-23(43)18-53(30)41(57)36(21(3)4)50-42(58)59-5/h6-12,15-16,20-21,23-24,30-31,35-36,54H,13-14,17-19H2,1-5H3,(H,45,47)(H,46,48)(H,49,55)(H,50,58)/t23-,24-,30+,31+,35+,36+/m1/s1. The summed E-state index contributed by atoms with van der Waals surface area (Å²) in [6.07, 6.45) is 2.05. The van der Waals surface area contributed by atoms with Crippen LogP contribution in [0.3, 0.4) is 0 Å². The number of halogens is 2. The zero-order valence-corrected chi connectivity index (χ0v) is 33.7. The van der Waals surface area contributed by atoms with Crippen LogP contribution in [0.15, 0.2) is 55.0 Å². The summed E-state index contributed by atoms with van der Waals surface area (Å²) in [5.41, 5.74) is 4.49. The Labute approximate surface area is 343 Å². The third-order valence-corrected chi connectivity index (χ3v) is 11.5. The van der Waals surface area contributed by atoms with Gasteiger partial charge in [-0.2, -0.15) is 0 Å². The number of aromatic nitrogens is 5. The molecule has 8 rings (SSSR count). The molecular weight excluding hydrogens is 781 g/mol. The number of alkyl carbamates (subject to hydrolysis) is 1. The molecule has 0 bridgehead atoms. The highest BCUT2D eigenvalue weighted by Gasteiger charge is 2.43. The zero-order valence-electron chi connectivity index (χ0n) is 33.7. The minimum absolute atomic E-state index is 0.0420. The van der Waals surface area contributed by atoms with E-state index < -0.39 is 66.9 Å². The SMILES string of the molecule is COC(=O)N[C@H](C(=O)N1C[C@H](F)C[C@H]1c1ncc(-c2ccc3c(c2)Oc2ccc(-c4cnc([C@@H]5C[C@@H](F)CN5C(=O)[C@@H](NC(=O)CO)C(C)C)[nH]4)c4ccn-3c24)[nH]1)C(C)C. The average molecular weight is 828 g/mol. The molecule has 3 aliphatic rings. The van der Waals surface area contributed by atoms with Gasteiger partial charge in [-0.1, -0.05) is 33.8 Å². The number of aromatic amines is 2. The third-order valence-electron chi connectivity index (χ3n) is 11.5. The number of H-pyrrole nitrogens is 2. The van der Waals surface area contributed by atoms with Crippen molar-refractivity contribution in [1.29, 1.82) is 0 Å². The summed E-state index contributed by atoms with van der Waals surface area (Å²) in [5, 5.41) is 15.3. The van der Waals surface area contributed by atoms with Gasteiger partial charge in [0, 0.05) is 35.6 Å². The Hall–Kier alpha value is -6.30. The molecule has 16 nitrogen and oxygen atoms in total. The van der Waals surface area contributed by atoms with Crippen molar-refractivity contribution in [3.05, 3.63) is 66.6 Å². The largest absolute Gasteiger partial charge is 0.453 e. The highest BCUT2D eigenvalue weighted by Crippen LogP contribution is 2.45. The lowest BCUT2D eigenvalue weighted by molar-refractivity contribution is -0.139. The molecule has 4 amide bonds. The first-order chi connectivity index (χ1) is 28.8. The maximum absolute atomic E-state index is 14.9. The molecule has 18 heteroatoms. The molecule has 5 aromatic rings. The van der Waals surface area contributed by atoms with E-state index in [1.54, 1.807) is 40.1 Å². The number of benzene rings is 2. The van der Waals surface area contributed by atoms with Crippen molar-refractivity contribution in [3.8, 4) is 39.7 Å². The van der Waals surface area contributed by atoms with Gasteiger partial charge >= 0.3 is 6.09 Å². The summed E-state index contributed by atoms with van der Waals surface area (Å²) >= 11 is 0. The fourth-order valence-corrected chi connectivity index (χ4v) is 8.49. The summed E-state index contributed by atoms with van der Waals surface area (Å²) in [6.45, 7) is 6.10. The molecule has 2 fully saturated rings. The first-order valence-corrected chi connectivity index (χ1v) is 20.0. The van der Waals surface area contributed by atoms with E-state index >= 15 is 0 Å². The van der Waals surface area contributed by atoms with E-state index in [0.717, 1.165) is 27.7 Å². The molecule has 0 aliphatic carbocycles. The van der Waals surface area contributed by atoms with Crippen molar-refractivity contribution in [1.82, 2.24) is 44.9 Å². The van der Waals surface area contributed by atoms with Crippen LogP contribution >= 0.6 is 0 Å². The number of ether oxygens (including phenoxy) is 2. The Morgan fingerprint density at radius 2 is 1.45 bits per heavy atom. The van der Waals surface area contributed by atoms with Crippen molar-refractivity contribution in [2.45, 2.75) is 77.0 Å². The normalized spacial score (nSPS) is 20.6. The Balaban J connectivity index is 1.03. The van der Waals surface area contributed by atoms with E-state index in [1.165, 1.54) is 16.9 Å². The van der Waals surface area contributed by atoms with Crippen LogP contribution in [0, 0.1) is 11.8 Å². The van der Waals surface area contributed by atoms with Crippen LogP contribution in [-0.2, 0) is 19.1 Å². The number of nitrogens with one attached hydrogen (secondary N) is 4. The summed E-state index contributed by atoms with van der Waals surface area (Å²) < 4.78 is 43.0. The van der Waals surface area contributed by atoms with Gasteiger partial charge in [-0.3, -0.25) is 14.4 Å². The number of carbonyl (C=O) groups excluding carboxylic acids is 4. The van der Waals surface area contributed by atoms with Crippen molar-refractivity contribution in [2.24, 2.45) is 11.8 Å². The molecule has 2 saturated heterocycles. The summed E-state index contributed by atoms with van der Waals surface area (Å²) in [7, 11) is 1.22. The lowest BCUT2D eigenvalue weighted by Gasteiger charge is -2.30. The second-order valence-electron chi connectivity index (χ2n) is 16.2. The van der Waals surface area contributed by atoms with E-state index in [1.807, 2.05) is 47.2 Å². The molecule has 6 atom stereocenters. The number of hydrogen-bond acceptors (Lipinski definition) is 9. The van der Waals surface area contributed by atoms with E-state index in [4.69, 9.17) is 9.47 Å². The van der Waals surface area contributed by atoms with Crippen LogP contribution in [0.25, 0.3) is 39.1 Å². The van der Waals surface area contributed by atoms with E-state index in [2.05, 4.69) is 30.6 Å². The lowest BCUT2D eigenvalue weighted by atomic mass is 10.0. The van der Waals surface area contributed by atoms with Crippen LogP contribution in [0.1, 0.15) is 64.3 Å². The average Bonchev–Trinajstić information content (AvgIpc) is 4.08. The number of imidazole rings is 2. The monoisotopic (exact) mass is 827 g/mol. The molecular formula is C42H47F2N9O7. The Morgan fingerprint density at radius 1 is 0.850 bits per heavy atom. The number of hydrogen-bond donors (Lipinski definition) is 5. The Morgan fingerprint density at radius 3 is 2.05 bits per heavy atom. The first kappa shape index (κ1) is 40.5. The number of methoxy groups -OCH3 is 1. The van der Waals surface area contributed by atoms with Crippen molar-refractivity contribution >= 4 is 34.7 Å². The molecule has 0 spiro atoms. The Bertz CT molecular complexity index is 2460. The number of fused-ring (bicyclic) bond motifs is 2. The van der Waals surface area contributed by atoms with Gasteiger partial charge in [-0.25, -0.2) is 23.5 Å². The fourth-order valence-electron chi connectivity index (χ4n) is 8.49. The van der Waals surface area contributed by atoms with E-state index in [-0.39, 0.29) is 37.8 Å². The minimum atomic E-state index is -1.28. The number of carbonyl (C=O) groups is 4. The van der Waals surface area contributed by atoms with Crippen LogP contribution in [0.5, 0.6) is 11.5 Å². The number of likely N-dealkylation sites (tertiary alicyclic amines) is 2. The molecule has 5 N–H and O–H groups in total. The molecule has 0 saturated carbocycles. The number of aliphatic hydroxyl groups excluding tert-OH is 1. The van der Waals surface area contributed by atoms with Crippen LogP contribution < -0.4 is 15.4 Å². The van der Waals surface area contributed by atoms with E-state index in [9.17, 15) is 33.1 Å². The maximum Gasteiger partial charge on any atom is 0.407 e. The molecule has 0 radical (unpaired) electrons. The number of amides is 4. The van der Waals surface area contributed by atoms with Crippen molar-refractivity contribution < 1.29 is 42.5 Å². The lowest BCUT2D eigenvalue weighted by Crippen LogP contribution is -2.51. The summed E-state index contributed by atoms with van der Waals surface area (Å²) in [5.74, 6) is -0.0758. The van der Waals surface area contributed by atoms with Gasteiger partial charge in [0.25, 0.3) is 0 Å². The zero-order chi connectivity index (χ0) is 42.6. The third kappa shape index (κ3) is 7.32. The van der Waals surface area contributed by atoms with Gasteiger partial charge < -0.3 is 49.5 Å². The quantitative estimate of drug-likeness (QED) is 0.116. The van der Waals surface area contributed by atoms with Crippen LogP contribution in [-0.4, -0.2) is 114 Å². The molecule has 3 aliphatic heterocycles. The number of aliphatic hydroxyl groups is 1.